The average molecular weight is 476 g/mol. The van der Waals surface area contributed by atoms with Gasteiger partial charge >= 0.3 is 0 Å². The maximum Gasteiger partial charge on any atom is 0.183 e. The van der Waals surface area contributed by atoms with Crippen LogP contribution in [0.1, 0.15) is 81.9 Å². The van der Waals surface area contributed by atoms with Crippen LogP contribution in [0.25, 0.3) is 11.4 Å². The van der Waals surface area contributed by atoms with Gasteiger partial charge in [-0.25, -0.2) is 9.67 Å². The zero-order valence-electron chi connectivity index (χ0n) is 21.7. The van der Waals surface area contributed by atoms with Gasteiger partial charge in [-0.15, -0.1) is 0 Å². The highest BCUT2D eigenvalue weighted by Crippen LogP contribution is 2.50. The summed E-state index contributed by atoms with van der Waals surface area (Å²) in [5.41, 5.74) is 0.882. The molecule has 0 bridgehead atoms. The minimum absolute atomic E-state index is 0.287. The molecular formula is C28H37N5O2. The fourth-order valence-corrected chi connectivity index (χ4v) is 5.54. The Morgan fingerprint density at radius 1 is 1.03 bits per heavy atom. The largest absolute Gasteiger partial charge is 0.382 e. The zero-order chi connectivity index (χ0) is 25.2. The van der Waals surface area contributed by atoms with Crippen LogP contribution in [0, 0.1) is 5.41 Å². The van der Waals surface area contributed by atoms with Crippen LogP contribution in [-0.4, -0.2) is 55.0 Å². The lowest BCUT2D eigenvalue weighted by molar-refractivity contribution is -0.127. The second-order valence-corrected chi connectivity index (χ2v) is 11.7. The zero-order valence-corrected chi connectivity index (χ0v) is 21.7. The van der Waals surface area contributed by atoms with Crippen LogP contribution in [0.2, 0.25) is 0 Å². The Morgan fingerprint density at radius 3 is 2.23 bits per heavy atom. The topological polar surface area (TPSA) is 87.3 Å². The van der Waals surface area contributed by atoms with Crippen molar-refractivity contribution in [3.8, 4) is 11.4 Å². The molecule has 1 atom stereocenters. The molecule has 0 amide bonds. The van der Waals surface area contributed by atoms with Gasteiger partial charge < -0.3 is 15.1 Å². The molecule has 0 unspecified atom stereocenters. The van der Waals surface area contributed by atoms with E-state index in [1.165, 1.54) is 5.56 Å². The molecule has 2 N–H and O–H groups in total. The summed E-state index contributed by atoms with van der Waals surface area (Å²) in [6, 6.07) is 10.6. The van der Waals surface area contributed by atoms with Crippen molar-refractivity contribution in [1.29, 1.82) is 0 Å². The van der Waals surface area contributed by atoms with Gasteiger partial charge in [0.15, 0.2) is 11.6 Å². The predicted molar refractivity (Wildman–Crippen MR) is 136 cm³/mol. The highest BCUT2D eigenvalue weighted by atomic mass is 16.3. The molecule has 5 rings (SSSR count). The number of aliphatic hydroxyl groups is 2. The molecule has 1 aliphatic heterocycles. The van der Waals surface area contributed by atoms with Gasteiger partial charge in [-0.3, -0.25) is 4.98 Å². The van der Waals surface area contributed by atoms with Gasteiger partial charge in [-0.05, 0) is 56.8 Å². The van der Waals surface area contributed by atoms with E-state index in [1.807, 2.05) is 10.7 Å². The summed E-state index contributed by atoms with van der Waals surface area (Å²) in [6.07, 6.45) is 5.59. The van der Waals surface area contributed by atoms with Crippen molar-refractivity contribution < 1.29 is 10.2 Å². The smallest absolute Gasteiger partial charge is 0.183 e. The fraction of sp³-hybridized carbons (Fsp3) is 0.536. The summed E-state index contributed by atoms with van der Waals surface area (Å²) in [7, 11) is 2.07. The van der Waals surface area contributed by atoms with Crippen molar-refractivity contribution in [3.05, 3.63) is 65.2 Å². The van der Waals surface area contributed by atoms with E-state index >= 15 is 0 Å². The van der Waals surface area contributed by atoms with Crippen LogP contribution >= 0.6 is 0 Å². The minimum Gasteiger partial charge on any atom is -0.382 e. The summed E-state index contributed by atoms with van der Waals surface area (Å²) < 4.78 is 1.86. The van der Waals surface area contributed by atoms with E-state index in [9.17, 15) is 10.2 Å². The summed E-state index contributed by atoms with van der Waals surface area (Å²) in [5, 5.41) is 27.9. The van der Waals surface area contributed by atoms with E-state index in [1.54, 1.807) is 26.2 Å². The molecular weight excluding hydrogens is 438 g/mol. The van der Waals surface area contributed by atoms with E-state index in [4.69, 9.17) is 10.1 Å². The second-order valence-electron chi connectivity index (χ2n) is 11.7. The molecule has 0 spiro atoms. The van der Waals surface area contributed by atoms with E-state index in [0.29, 0.717) is 17.6 Å². The summed E-state index contributed by atoms with van der Waals surface area (Å²) in [4.78, 5) is 11.5. The molecule has 3 aromatic rings. The molecule has 7 heteroatoms. The van der Waals surface area contributed by atoms with Crippen molar-refractivity contribution in [1.82, 2.24) is 24.6 Å². The monoisotopic (exact) mass is 475 g/mol. The molecule has 2 fully saturated rings. The third-order valence-electron chi connectivity index (χ3n) is 7.59. The van der Waals surface area contributed by atoms with Crippen LogP contribution in [0.5, 0.6) is 0 Å². The standard InChI is InChI=1S/C28H37N5O2/c1-18(2)19-7-9-21(10-8-19)28(35,27(5)16-32(6)17-27)22-13-20(14-29-15-22)24-30-25(26(3,4)34)33(31-24)23-11-12-23/h7-10,13-15,18,23,34-35H,11-12,16-17H2,1-6H3/t28-/m0/s1. The summed E-state index contributed by atoms with van der Waals surface area (Å²) in [6.45, 7) is 11.5. The lowest BCUT2D eigenvalue weighted by atomic mass is 9.62. The number of hydrogen-bond acceptors (Lipinski definition) is 6. The molecule has 1 saturated heterocycles. The number of pyridine rings is 1. The molecule has 35 heavy (non-hydrogen) atoms. The first-order valence-electron chi connectivity index (χ1n) is 12.6. The molecule has 2 aliphatic rings. The van der Waals surface area contributed by atoms with Crippen LogP contribution in [0.15, 0.2) is 42.7 Å². The third kappa shape index (κ3) is 4.09. The SMILES string of the molecule is CC(C)c1ccc([C@](O)(c2cncc(-c3nc(C(C)(C)O)n(C4CC4)n3)c2)C2(C)CN(C)C2)cc1. The van der Waals surface area contributed by atoms with Crippen LogP contribution in [0.4, 0.5) is 0 Å². The molecule has 3 heterocycles. The number of aromatic nitrogens is 4. The van der Waals surface area contributed by atoms with Crippen molar-refractivity contribution in [2.75, 3.05) is 20.1 Å². The number of benzene rings is 1. The first kappa shape index (κ1) is 24.1. The Morgan fingerprint density at radius 2 is 1.69 bits per heavy atom. The van der Waals surface area contributed by atoms with E-state index in [2.05, 4.69) is 62.0 Å². The van der Waals surface area contributed by atoms with E-state index in [0.717, 1.165) is 42.6 Å². The lowest BCUT2D eigenvalue weighted by Crippen LogP contribution is -2.63. The Balaban J connectivity index is 1.60. The highest BCUT2D eigenvalue weighted by Gasteiger charge is 2.55. The van der Waals surface area contributed by atoms with Gasteiger partial charge in [0.05, 0.1) is 6.04 Å². The summed E-state index contributed by atoms with van der Waals surface area (Å²) in [5.74, 6) is 1.51. The van der Waals surface area contributed by atoms with Gasteiger partial charge in [-0.2, -0.15) is 5.10 Å². The lowest BCUT2D eigenvalue weighted by Gasteiger charge is -2.55. The van der Waals surface area contributed by atoms with Gasteiger partial charge in [0.1, 0.15) is 11.2 Å². The Kier molecular flexibility index (Phi) is 5.66. The first-order valence-corrected chi connectivity index (χ1v) is 12.6. The number of likely N-dealkylation sites (tertiary alicyclic amines) is 1. The van der Waals surface area contributed by atoms with Crippen molar-refractivity contribution in [2.45, 2.75) is 70.6 Å². The van der Waals surface area contributed by atoms with Gasteiger partial charge in [0.25, 0.3) is 0 Å². The van der Waals surface area contributed by atoms with Crippen LogP contribution in [0.3, 0.4) is 0 Å². The van der Waals surface area contributed by atoms with Crippen molar-refractivity contribution >= 4 is 0 Å². The second kappa shape index (κ2) is 8.22. The van der Waals surface area contributed by atoms with Gasteiger partial charge in [0.2, 0.25) is 0 Å². The van der Waals surface area contributed by atoms with Crippen LogP contribution < -0.4 is 0 Å². The Hall–Kier alpha value is -2.61. The molecule has 0 radical (unpaired) electrons. The number of nitrogens with zero attached hydrogens (tertiary/aromatic N) is 5. The summed E-state index contributed by atoms with van der Waals surface area (Å²) >= 11 is 0. The fourth-order valence-electron chi connectivity index (χ4n) is 5.54. The average Bonchev–Trinajstić information content (AvgIpc) is 3.54. The van der Waals surface area contributed by atoms with Gasteiger partial charge in [-0.1, -0.05) is 45.0 Å². The number of hydrogen-bond donors (Lipinski definition) is 2. The first-order chi connectivity index (χ1) is 16.4. The Bertz CT molecular complexity index is 1220. The molecule has 186 valence electrons. The normalized spacial score (nSPS) is 20.0. The maximum atomic E-state index is 12.5. The van der Waals surface area contributed by atoms with E-state index < -0.39 is 11.2 Å². The molecule has 7 nitrogen and oxygen atoms in total. The molecule has 1 saturated carbocycles. The minimum atomic E-state index is -1.23. The quantitative estimate of drug-likeness (QED) is 0.532. The van der Waals surface area contributed by atoms with Crippen molar-refractivity contribution in [3.63, 3.8) is 0 Å². The third-order valence-corrected chi connectivity index (χ3v) is 7.59. The number of rotatable bonds is 7. The maximum absolute atomic E-state index is 12.5. The van der Waals surface area contributed by atoms with E-state index in [-0.39, 0.29) is 11.5 Å². The van der Waals surface area contributed by atoms with Crippen LogP contribution in [-0.2, 0) is 11.2 Å². The van der Waals surface area contributed by atoms with Gasteiger partial charge in [0, 0.05) is 42.0 Å². The molecule has 1 aromatic carbocycles. The molecule has 1 aliphatic carbocycles. The predicted octanol–water partition coefficient (Wildman–Crippen LogP) is 4.21. The highest BCUT2D eigenvalue weighted by molar-refractivity contribution is 5.56. The van der Waals surface area contributed by atoms with Crippen molar-refractivity contribution in [2.24, 2.45) is 5.41 Å². The molecule has 2 aromatic heterocycles. The Labute approximate surface area is 207 Å².